The summed E-state index contributed by atoms with van der Waals surface area (Å²) in [5.41, 5.74) is 0.228. The SMILES string of the molecule is CCC(=O)O.CCCCCCCCCCCCN=C(C)C(=O)O.[NaH]. The first-order chi connectivity index (χ1) is 11.0. The molecular formula is C18H36NNaO4. The first-order valence-electron chi connectivity index (χ1n) is 8.91. The fourth-order valence-corrected chi connectivity index (χ4v) is 1.91. The monoisotopic (exact) mass is 353 g/mol. The number of aliphatic imine (C=N–C) groups is 1. The summed E-state index contributed by atoms with van der Waals surface area (Å²) in [5, 5.41) is 16.3. The molecule has 0 bridgehead atoms. The summed E-state index contributed by atoms with van der Waals surface area (Å²) in [7, 11) is 0. The van der Waals surface area contributed by atoms with Crippen LogP contribution >= 0.6 is 0 Å². The molecule has 0 atom stereocenters. The summed E-state index contributed by atoms with van der Waals surface area (Å²) in [6.45, 7) is 6.06. The molecule has 0 heterocycles. The summed E-state index contributed by atoms with van der Waals surface area (Å²) >= 11 is 0. The summed E-state index contributed by atoms with van der Waals surface area (Å²) < 4.78 is 0. The minimum absolute atomic E-state index is 0. The van der Waals surface area contributed by atoms with Crippen LogP contribution in [0.25, 0.3) is 0 Å². The Kier molecular flexibility index (Phi) is 26.8. The summed E-state index contributed by atoms with van der Waals surface area (Å²) in [5.74, 6) is -1.65. The van der Waals surface area contributed by atoms with Crippen LogP contribution in [0.3, 0.4) is 0 Å². The van der Waals surface area contributed by atoms with Gasteiger partial charge in [0.1, 0.15) is 5.71 Å². The van der Waals surface area contributed by atoms with Gasteiger partial charge in [0.2, 0.25) is 0 Å². The van der Waals surface area contributed by atoms with Gasteiger partial charge in [-0.15, -0.1) is 0 Å². The van der Waals surface area contributed by atoms with Crippen molar-refractivity contribution in [3.05, 3.63) is 0 Å². The molecule has 0 unspecified atom stereocenters. The average molecular weight is 353 g/mol. The second-order valence-corrected chi connectivity index (χ2v) is 5.70. The number of unbranched alkanes of at least 4 members (excludes halogenated alkanes) is 9. The van der Waals surface area contributed by atoms with E-state index in [1.165, 1.54) is 57.8 Å². The maximum atomic E-state index is 10.5. The van der Waals surface area contributed by atoms with E-state index >= 15 is 0 Å². The van der Waals surface area contributed by atoms with Crippen LogP contribution < -0.4 is 0 Å². The fraction of sp³-hybridized carbons (Fsp3) is 0.833. The van der Waals surface area contributed by atoms with Gasteiger partial charge in [0, 0.05) is 13.0 Å². The number of carboxylic acids is 2. The number of hydrogen-bond acceptors (Lipinski definition) is 3. The normalized spacial score (nSPS) is 10.4. The van der Waals surface area contributed by atoms with Gasteiger partial charge in [-0.3, -0.25) is 9.79 Å². The van der Waals surface area contributed by atoms with Gasteiger partial charge in [0.05, 0.1) is 0 Å². The Morgan fingerprint density at radius 2 is 1.17 bits per heavy atom. The third kappa shape index (κ3) is 26.5. The molecule has 0 aromatic carbocycles. The molecule has 0 fully saturated rings. The van der Waals surface area contributed by atoms with Crippen molar-refractivity contribution in [1.82, 2.24) is 0 Å². The molecule has 0 amide bonds. The van der Waals surface area contributed by atoms with Crippen LogP contribution in [0.15, 0.2) is 4.99 Å². The topological polar surface area (TPSA) is 87.0 Å². The zero-order chi connectivity index (χ0) is 17.9. The average Bonchev–Trinajstić information content (AvgIpc) is 2.52. The first-order valence-corrected chi connectivity index (χ1v) is 8.91. The molecule has 2 N–H and O–H groups in total. The van der Waals surface area contributed by atoms with E-state index in [2.05, 4.69) is 11.9 Å². The van der Waals surface area contributed by atoms with Crippen LogP contribution in [0.1, 0.15) is 91.4 Å². The van der Waals surface area contributed by atoms with Gasteiger partial charge in [-0.2, -0.15) is 0 Å². The van der Waals surface area contributed by atoms with Gasteiger partial charge < -0.3 is 10.2 Å². The van der Waals surface area contributed by atoms with Crippen LogP contribution in [0.5, 0.6) is 0 Å². The third-order valence-corrected chi connectivity index (χ3v) is 3.47. The van der Waals surface area contributed by atoms with E-state index < -0.39 is 11.9 Å². The van der Waals surface area contributed by atoms with E-state index in [1.807, 2.05) is 0 Å². The number of rotatable bonds is 13. The van der Waals surface area contributed by atoms with Crippen molar-refractivity contribution in [2.24, 2.45) is 4.99 Å². The Morgan fingerprint density at radius 3 is 1.50 bits per heavy atom. The predicted octanol–water partition coefficient (Wildman–Crippen LogP) is 4.29. The zero-order valence-electron chi connectivity index (χ0n) is 15.1. The molecule has 0 aromatic rings. The van der Waals surface area contributed by atoms with Crippen molar-refractivity contribution >= 4 is 47.2 Å². The molecule has 0 saturated heterocycles. The van der Waals surface area contributed by atoms with Crippen LogP contribution in [-0.4, -0.2) is 64.0 Å². The molecule has 0 aliphatic rings. The van der Waals surface area contributed by atoms with Crippen molar-refractivity contribution in [3.63, 3.8) is 0 Å². The van der Waals surface area contributed by atoms with E-state index in [0.29, 0.717) is 6.54 Å². The molecule has 24 heavy (non-hydrogen) atoms. The van der Waals surface area contributed by atoms with Gasteiger partial charge in [0.15, 0.2) is 0 Å². The van der Waals surface area contributed by atoms with Crippen molar-refractivity contribution < 1.29 is 19.8 Å². The van der Waals surface area contributed by atoms with E-state index in [-0.39, 0.29) is 41.7 Å². The zero-order valence-corrected chi connectivity index (χ0v) is 15.1. The van der Waals surface area contributed by atoms with Crippen molar-refractivity contribution in [3.8, 4) is 0 Å². The fourth-order valence-electron chi connectivity index (χ4n) is 1.91. The molecule has 0 aliphatic carbocycles. The van der Waals surface area contributed by atoms with Gasteiger partial charge in [-0.05, 0) is 13.3 Å². The van der Waals surface area contributed by atoms with Gasteiger partial charge in [0.25, 0.3) is 0 Å². The molecule has 5 nitrogen and oxygen atoms in total. The first kappa shape index (κ1) is 28.4. The third-order valence-electron chi connectivity index (χ3n) is 3.47. The van der Waals surface area contributed by atoms with Gasteiger partial charge >= 0.3 is 41.5 Å². The molecule has 0 spiro atoms. The van der Waals surface area contributed by atoms with Gasteiger partial charge in [-0.25, -0.2) is 4.79 Å². The second kappa shape index (κ2) is 22.6. The van der Waals surface area contributed by atoms with E-state index in [9.17, 15) is 9.59 Å². The Labute approximate surface area is 169 Å². The Hall–Kier alpha value is -0.390. The van der Waals surface area contributed by atoms with Crippen LogP contribution in [-0.2, 0) is 9.59 Å². The van der Waals surface area contributed by atoms with Crippen molar-refractivity contribution in [2.75, 3.05) is 6.54 Å². The quantitative estimate of drug-likeness (QED) is 0.294. The molecule has 0 saturated carbocycles. The number of hydrogen-bond donors (Lipinski definition) is 2. The second-order valence-electron chi connectivity index (χ2n) is 5.70. The van der Waals surface area contributed by atoms with Crippen molar-refractivity contribution in [2.45, 2.75) is 91.4 Å². The summed E-state index contributed by atoms with van der Waals surface area (Å²) in [6, 6.07) is 0. The van der Waals surface area contributed by atoms with Crippen molar-refractivity contribution in [1.29, 1.82) is 0 Å². The minimum atomic E-state index is -0.901. The number of aliphatic carboxylic acids is 2. The Morgan fingerprint density at radius 1 is 0.792 bits per heavy atom. The molecular weight excluding hydrogens is 317 g/mol. The molecule has 138 valence electrons. The Balaban J connectivity index is -0.000000639. The predicted molar refractivity (Wildman–Crippen MR) is 103 cm³/mol. The number of nitrogens with zero attached hydrogens (tertiary/aromatic N) is 1. The van der Waals surface area contributed by atoms with E-state index in [1.54, 1.807) is 13.8 Å². The molecule has 6 heteroatoms. The molecule has 0 aromatic heterocycles. The number of carbonyl (C=O) groups is 2. The number of carboxylic acid groups (broad SMARTS) is 2. The standard InChI is InChI=1S/C15H29NO2.C3H6O2.Na.H/c1-3-4-5-6-7-8-9-10-11-12-13-16-14(2)15(17)18;1-2-3(4)5;;/h3-13H2,1-2H3,(H,17,18);2H2,1H3,(H,4,5);;. The summed E-state index contributed by atoms with van der Waals surface area (Å²) in [4.78, 5) is 23.9. The van der Waals surface area contributed by atoms with Crippen LogP contribution in [0.2, 0.25) is 0 Å². The maximum absolute atomic E-state index is 10.5. The summed E-state index contributed by atoms with van der Waals surface area (Å²) in [6.07, 6.45) is 13.2. The van der Waals surface area contributed by atoms with Crippen LogP contribution in [0.4, 0.5) is 0 Å². The molecule has 0 rings (SSSR count). The Bertz CT molecular complexity index is 333. The van der Waals surface area contributed by atoms with E-state index in [0.717, 1.165) is 6.42 Å². The molecule has 0 aliphatic heterocycles. The van der Waals surface area contributed by atoms with Crippen LogP contribution in [0, 0.1) is 0 Å². The van der Waals surface area contributed by atoms with Gasteiger partial charge in [-0.1, -0.05) is 71.6 Å². The van der Waals surface area contributed by atoms with E-state index in [4.69, 9.17) is 10.2 Å². The molecule has 0 radical (unpaired) electrons.